The third-order valence-electron chi connectivity index (χ3n) is 3.20. The zero-order chi connectivity index (χ0) is 12.6. The molecule has 0 aliphatic heterocycles. The maximum Gasteiger partial charge on any atom is 0.134 e. The lowest BCUT2D eigenvalue weighted by Crippen LogP contribution is -1.95. The van der Waals surface area contributed by atoms with Gasteiger partial charge in [0.1, 0.15) is 5.78 Å². The summed E-state index contributed by atoms with van der Waals surface area (Å²) in [5.41, 5.74) is 3.66. The van der Waals surface area contributed by atoms with Crippen LogP contribution in [0, 0.1) is 0 Å². The van der Waals surface area contributed by atoms with Crippen molar-refractivity contribution in [1.29, 1.82) is 0 Å². The van der Waals surface area contributed by atoms with Gasteiger partial charge in [-0.2, -0.15) is 0 Å². The molecule has 0 radical (unpaired) electrons. The average Bonchev–Trinajstić information content (AvgIpc) is 2.54. The molecular weight excluding hydrogens is 210 g/mol. The van der Waals surface area contributed by atoms with Gasteiger partial charge in [0, 0.05) is 30.6 Å². The van der Waals surface area contributed by atoms with Gasteiger partial charge in [0.2, 0.25) is 0 Å². The first-order chi connectivity index (χ1) is 7.99. The molecule has 0 aliphatic rings. The lowest BCUT2D eigenvalue weighted by Gasteiger charge is -2.06. The molecule has 2 aromatic rings. The Morgan fingerprint density at radius 2 is 2.06 bits per heavy atom. The van der Waals surface area contributed by atoms with Crippen LogP contribution in [0.15, 0.2) is 24.4 Å². The number of hydrogen-bond acceptors (Lipinski definition) is 1. The van der Waals surface area contributed by atoms with Crippen molar-refractivity contribution in [2.24, 2.45) is 7.05 Å². The van der Waals surface area contributed by atoms with Gasteiger partial charge in [-0.25, -0.2) is 0 Å². The van der Waals surface area contributed by atoms with Crippen molar-refractivity contribution in [1.82, 2.24) is 4.57 Å². The molecule has 1 aromatic heterocycles. The number of hydrogen-bond donors (Lipinski definition) is 0. The Hall–Kier alpha value is -1.57. The second-order valence-electron chi connectivity index (χ2n) is 5.08. The quantitative estimate of drug-likeness (QED) is 0.790. The molecule has 0 atom stereocenters. The van der Waals surface area contributed by atoms with Crippen LogP contribution in [-0.4, -0.2) is 10.4 Å². The molecular formula is C15H19NO. The fraction of sp³-hybridized carbons (Fsp3) is 0.400. The summed E-state index contributed by atoms with van der Waals surface area (Å²) in [5, 5.41) is 1.22. The minimum Gasteiger partial charge on any atom is -0.350 e. The van der Waals surface area contributed by atoms with E-state index in [2.05, 4.69) is 42.8 Å². The number of carbonyl (C=O) groups excluding carboxylic acids is 1. The van der Waals surface area contributed by atoms with Crippen LogP contribution in [0.4, 0.5) is 0 Å². The van der Waals surface area contributed by atoms with Crippen LogP contribution in [0.1, 0.15) is 37.8 Å². The van der Waals surface area contributed by atoms with E-state index in [4.69, 9.17) is 0 Å². The first-order valence-corrected chi connectivity index (χ1v) is 6.06. The van der Waals surface area contributed by atoms with Gasteiger partial charge in [0.15, 0.2) is 0 Å². The predicted octanol–water partition coefficient (Wildman–Crippen LogP) is 3.43. The van der Waals surface area contributed by atoms with Crippen LogP contribution in [0.25, 0.3) is 10.9 Å². The molecule has 1 heterocycles. The summed E-state index contributed by atoms with van der Waals surface area (Å²) in [7, 11) is 2.03. The molecule has 1 aromatic carbocycles. The van der Waals surface area contributed by atoms with Crippen molar-refractivity contribution in [3.8, 4) is 0 Å². The fourth-order valence-corrected chi connectivity index (χ4v) is 2.26. The van der Waals surface area contributed by atoms with Gasteiger partial charge in [-0.3, -0.25) is 4.79 Å². The van der Waals surface area contributed by atoms with Crippen LogP contribution in [0.3, 0.4) is 0 Å². The largest absolute Gasteiger partial charge is 0.350 e. The Balaban J connectivity index is 2.60. The summed E-state index contributed by atoms with van der Waals surface area (Å²) in [6.45, 7) is 6.02. The summed E-state index contributed by atoms with van der Waals surface area (Å²) < 4.78 is 2.09. The Morgan fingerprint density at radius 3 is 2.65 bits per heavy atom. The molecule has 90 valence electrons. The SMILES string of the molecule is CC(=O)Cc1cn(C)c2ccc(C(C)C)cc12. The highest BCUT2D eigenvalue weighted by molar-refractivity contribution is 5.89. The van der Waals surface area contributed by atoms with Crippen molar-refractivity contribution in [2.75, 3.05) is 0 Å². The number of nitrogens with zero attached hydrogens (tertiary/aromatic N) is 1. The van der Waals surface area contributed by atoms with Gasteiger partial charge in [0.05, 0.1) is 0 Å². The number of benzene rings is 1. The van der Waals surface area contributed by atoms with E-state index in [0.29, 0.717) is 12.3 Å². The van der Waals surface area contributed by atoms with Crippen LogP contribution in [0.2, 0.25) is 0 Å². The van der Waals surface area contributed by atoms with E-state index < -0.39 is 0 Å². The predicted molar refractivity (Wildman–Crippen MR) is 71.4 cm³/mol. The second-order valence-corrected chi connectivity index (χ2v) is 5.08. The first kappa shape index (κ1) is 11.9. The number of aromatic nitrogens is 1. The minimum atomic E-state index is 0.215. The van der Waals surface area contributed by atoms with Gasteiger partial charge in [-0.05, 0) is 36.1 Å². The molecule has 0 aliphatic carbocycles. The third kappa shape index (κ3) is 2.26. The molecule has 0 bridgehead atoms. The highest BCUT2D eigenvalue weighted by atomic mass is 16.1. The molecule has 0 fully saturated rings. The lowest BCUT2D eigenvalue weighted by molar-refractivity contribution is -0.116. The van der Waals surface area contributed by atoms with E-state index >= 15 is 0 Å². The fourth-order valence-electron chi connectivity index (χ4n) is 2.26. The van der Waals surface area contributed by atoms with Gasteiger partial charge in [-0.15, -0.1) is 0 Å². The van der Waals surface area contributed by atoms with Crippen molar-refractivity contribution in [3.63, 3.8) is 0 Å². The van der Waals surface area contributed by atoms with Crippen LogP contribution < -0.4 is 0 Å². The molecule has 0 N–H and O–H groups in total. The Labute approximate surface area is 102 Å². The molecule has 0 unspecified atom stereocenters. The average molecular weight is 229 g/mol. The smallest absolute Gasteiger partial charge is 0.134 e. The van der Waals surface area contributed by atoms with Crippen LogP contribution >= 0.6 is 0 Å². The van der Waals surface area contributed by atoms with Crippen LogP contribution in [0.5, 0.6) is 0 Å². The Kier molecular flexibility index (Phi) is 3.05. The molecule has 0 spiro atoms. The molecule has 0 saturated carbocycles. The summed E-state index contributed by atoms with van der Waals surface area (Å²) in [6, 6.07) is 6.54. The van der Waals surface area contributed by atoms with E-state index in [9.17, 15) is 4.79 Å². The maximum absolute atomic E-state index is 11.3. The minimum absolute atomic E-state index is 0.215. The number of ketones is 1. The topological polar surface area (TPSA) is 22.0 Å². The number of Topliss-reactive ketones (excluding diaryl/α,β-unsaturated/α-hetero) is 1. The van der Waals surface area contributed by atoms with Crippen molar-refractivity contribution < 1.29 is 4.79 Å². The van der Waals surface area contributed by atoms with Gasteiger partial charge < -0.3 is 4.57 Å². The monoisotopic (exact) mass is 229 g/mol. The number of carbonyl (C=O) groups is 1. The van der Waals surface area contributed by atoms with E-state index in [1.54, 1.807) is 6.92 Å². The standard InChI is InChI=1S/C15H19NO/c1-10(2)12-5-6-15-14(8-12)13(7-11(3)17)9-16(15)4/h5-6,8-10H,7H2,1-4H3. The van der Waals surface area contributed by atoms with Crippen LogP contribution in [-0.2, 0) is 18.3 Å². The summed E-state index contributed by atoms with van der Waals surface area (Å²) in [5.74, 6) is 0.734. The van der Waals surface area contributed by atoms with Gasteiger partial charge in [0.25, 0.3) is 0 Å². The summed E-state index contributed by atoms with van der Waals surface area (Å²) in [6.07, 6.45) is 2.59. The van der Waals surface area contributed by atoms with Crippen molar-refractivity contribution in [2.45, 2.75) is 33.1 Å². The van der Waals surface area contributed by atoms with Crippen molar-refractivity contribution >= 4 is 16.7 Å². The number of aryl methyl sites for hydroxylation is 1. The number of rotatable bonds is 3. The molecule has 2 heteroatoms. The van der Waals surface area contributed by atoms with E-state index in [0.717, 1.165) is 5.56 Å². The molecule has 0 amide bonds. The summed E-state index contributed by atoms with van der Waals surface area (Å²) in [4.78, 5) is 11.3. The van der Waals surface area contributed by atoms with E-state index in [-0.39, 0.29) is 5.78 Å². The highest BCUT2D eigenvalue weighted by Crippen LogP contribution is 2.25. The molecule has 17 heavy (non-hydrogen) atoms. The zero-order valence-electron chi connectivity index (χ0n) is 10.9. The summed E-state index contributed by atoms with van der Waals surface area (Å²) >= 11 is 0. The van der Waals surface area contributed by atoms with E-state index in [1.165, 1.54) is 16.5 Å². The lowest BCUT2D eigenvalue weighted by atomic mass is 9.99. The molecule has 2 rings (SSSR count). The molecule has 0 saturated heterocycles. The Bertz CT molecular complexity index is 564. The Morgan fingerprint density at radius 1 is 1.35 bits per heavy atom. The maximum atomic E-state index is 11.3. The van der Waals surface area contributed by atoms with E-state index in [1.807, 2.05) is 7.05 Å². The number of fused-ring (bicyclic) bond motifs is 1. The first-order valence-electron chi connectivity index (χ1n) is 6.06. The zero-order valence-corrected chi connectivity index (χ0v) is 10.9. The third-order valence-corrected chi connectivity index (χ3v) is 3.20. The second kappa shape index (κ2) is 4.36. The highest BCUT2D eigenvalue weighted by Gasteiger charge is 2.10. The molecule has 2 nitrogen and oxygen atoms in total. The van der Waals surface area contributed by atoms with Crippen molar-refractivity contribution in [3.05, 3.63) is 35.5 Å². The van der Waals surface area contributed by atoms with Gasteiger partial charge in [-0.1, -0.05) is 19.9 Å². The normalized spacial score (nSPS) is 11.4. The van der Waals surface area contributed by atoms with Gasteiger partial charge >= 0.3 is 0 Å².